The molecule has 0 radical (unpaired) electrons. The van der Waals surface area contributed by atoms with E-state index in [-0.39, 0.29) is 0 Å². The van der Waals surface area contributed by atoms with Gasteiger partial charge in [0.15, 0.2) is 0 Å². The molecule has 8 aromatic carbocycles. The quantitative estimate of drug-likeness (QED) is 0.169. The number of hydrogen-bond donors (Lipinski definition) is 0. The molecule has 0 atom stereocenters. The van der Waals surface area contributed by atoms with Crippen LogP contribution in [0.1, 0.15) is 0 Å². The van der Waals surface area contributed by atoms with E-state index in [9.17, 15) is 0 Å². The van der Waals surface area contributed by atoms with Crippen LogP contribution in [-0.4, -0.2) is 9.97 Å². The molecule has 0 aliphatic heterocycles. The second kappa shape index (κ2) is 12.2. The zero-order valence-electron chi connectivity index (χ0n) is 30.0. The van der Waals surface area contributed by atoms with Crippen LogP contribution >= 0.6 is 11.3 Å². The van der Waals surface area contributed by atoms with Crippen LogP contribution in [0, 0.1) is 0 Å². The predicted molar refractivity (Wildman–Crippen MR) is 236 cm³/mol. The fourth-order valence-corrected chi connectivity index (χ4v) is 9.85. The van der Waals surface area contributed by atoms with Crippen molar-refractivity contribution in [3.05, 3.63) is 182 Å². The van der Waals surface area contributed by atoms with Crippen molar-refractivity contribution < 1.29 is 4.42 Å². The lowest BCUT2D eigenvalue weighted by Gasteiger charge is -2.11. The largest absolute Gasteiger partial charge is 0.455 e. The predicted octanol–water partition coefficient (Wildman–Crippen LogP) is 14.9. The van der Waals surface area contributed by atoms with Gasteiger partial charge in [-0.15, -0.1) is 11.3 Å². The Morgan fingerprint density at radius 1 is 0.393 bits per heavy atom. The van der Waals surface area contributed by atoms with E-state index in [1.54, 1.807) is 0 Å². The molecule has 0 fully saturated rings. The molecule has 0 bridgehead atoms. The molecule has 0 amide bonds. The van der Waals surface area contributed by atoms with Crippen LogP contribution in [0.3, 0.4) is 0 Å². The summed E-state index contributed by atoms with van der Waals surface area (Å²) in [5.41, 5.74) is 12.3. The number of furan rings is 1. The normalized spacial score (nSPS) is 11.9. The second-order valence-corrected chi connectivity index (χ2v) is 15.5. The summed E-state index contributed by atoms with van der Waals surface area (Å²) in [5, 5.41) is 9.28. The van der Waals surface area contributed by atoms with Gasteiger partial charge < -0.3 is 4.42 Å². The van der Waals surface area contributed by atoms with E-state index in [2.05, 4.69) is 176 Å². The SMILES string of the molecule is c1ccc(-c2ccc3ccc4ccc(-c5cccc(-c6cccc7oc8c9ccccc9c(-c9cccc%10c9sc9ccccc9%10)cc8c67)c5)nc4c3n2)cc1. The van der Waals surface area contributed by atoms with Gasteiger partial charge in [-0.3, -0.25) is 0 Å². The van der Waals surface area contributed by atoms with Crippen molar-refractivity contribution in [2.45, 2.75) is 0 Å². The third-order valence-electron chi connectivity index (χ3n) is 11.3. The first-order chi connectivity index (χ1) is 27.7. The third kappa shape index (κ3) is 4.76. The minimum atomic E-state index is 0.876. The van der Waals surface area contributed by atoms with Crippen LogP contribution in [0.25, 0.3) is 119 Å². The molecule has 260 valence electrons. The Balaban J connectivity index is 1.04. The fourth-order valence-electron chi connectivity index (χ4n) is 8.62. The van der Waals surface area contributed by atoms with Crippen molar-refractivity contribution in [1.29, 1.82) is 0 Å². The van der Waals surface area contributed by atoms with E-state index in [0.29, 0.717) is 0 Å². The Bertz CT molecular complexity index is 3540. The number of pyridine rings is 2. The molecular formula is C52H30N2OS. The molecule has 4 heteroatoms. The van der Waals surface area contributed by atoms with E-state index in [1.165, 1.54) is 36.7 Å². The Kier molecular flexibility index (Phi) is 6.80. The zero-order chi connectivity index (χ0) is 36.7. The summed E-state index contributed by atoms with van der Waals surface area (Å²) in [6.07, 6.45) is 0. The van der Waals surface area contributed by atoms with E-state index in [1.807, 2.05) is 17.4 Å². The van der Waals surface area contributed by atoms with Crippen LogP contribution in [0.4, 0.5) is 0 Å². The van der Waals surface area contributed by atoms with E-state index < -0.39 is 0 Å². The van der Waals surface area contributed by atoms with E-state index >= 15 is 0 Å². The summed E-state index contributed by atoms with van der Waals surface area (Å²) >= 11 is 1.87. The van der Waals surface area contributed by atoms with E-state index in [4.69, 9.17) is 14.4 Å². The molecule has 0 N–H and O–H groups in total. The number of fused-ring (bicyclic) bond motifs is 11. The first kappa shape index (κ1) is 31.2. The fraction of sp³-hybridized carbons (Fsp3) is 0. The van der Waals surface area contributed by atoms with Crippen molar-refractivity contribution in [2.75, 3.05) is 0 Å². The van der Waals surface area contributed by atoms with Gasteiger partial charge in [-0.1, -0.05) is 146 Å². The van der Waals surface area contributed by atoms with Gasteiger partial charge in [-0.05, 0) is 58.5 Å². The molecule has 4 aromatic heterocycles. The monoisotopic (exact) mass is 730 g/mol. The summed E-state index contributed by atoms with van der Waals surface area (Å²) in [5.74, 6) is 0. The van der Waals surface area contributed by atoms with Crippen molar-refractivity contribution in [3.63, 3.8) is 0 Å². The maximum Gasteiger partial charge on any atom is 0.143 e. The smallest absolute Gasteiger partial charge is 0.143 e. The molecular weight excluding hydrogens is 701 g/mol. The molecule has 0 spiro atoms. The molecule has 0 aliphatic rings. The summed E-state index contributed by atoms with van der Waals surface area (Å²) in [6, 6.07) is 64.7. The van der Waals surface area contributed by atoms with Gasteiger partial charge >= 0.3 is 0 Å². The number of hydrogen-bond acceptors (Lipinski definition) is 4. The highest BCUT2D eigenvalue weighted by molar-refractivity contribution is 7.26. The van der Waals surface area contributed by atoms with Crippen LogP contribution in [0.5, 0.6) is 0 Å². The van der Waals surface area contributed by atoms with Gasteiger partial charge in [0.25, 0.3) is 0 Å². The number of rotatable bonds is 4. The number of thiophene rings is 1. The summed E-state index contributed by atoms with van der Waals surface area (Å²) in [7, 11) is 0. The molecule has 3 nitrogen and oxygen atoms in total. The highest BCUT2D eigenvalue weighted by Crippen LogP contribution is 2.46. The van der Waals surface area contributed by atoms with Gasteiger partial charge in [0.2, 0.25) is 0 Å². The lowest BCUT2D eigenvalue weighted by molar-refractivity contribution is 0.673. The third-order valence-corrected chi connectivity index (χ3v) is 12.5. The zero-order valence-corrected chi connectivity index (χ0v) is 30.8. The lowest BCUT2D eigenvalue weighted by atomic mass is 9.92. The molecule has 56 heavy (non-hydrogen) atoms. The first-order valence-electron chi connectivity index (χ1n) is 18.9. The van der Waals surface area contributed by atoms with Gasteiger partial charge in [-0.25, -0.2) is 9.97 Å². The Morgan fingerprint density at radius 3 is 1.82 bits per heavy atom. The van der Waals surface area contributed by atoms with Crippen LogP contribution < -0.4 is 0 Å². The average molecular weight is 731 g/mol. The standard InChI is InChI=1S/C52H30N2OS/c1-2-11-31(12-3-1)44-27-25-32-23-24-33-26-28-45(54-50(33)49(32)53-44)35-14-8-13-34(29-35)36-18-10-21-46-48(36)43-30-42(37-15-4-5-17-39(37)51(43)55-46)41-20-9-19-40-38-16-6-7-22-47(38)56-52(40)41/h1-30H. The van der Waals surface area contributed by atoms with Gasteiger partial charge in [0.1, 0.15) is 11.2 Å². The van der Waals surface area contributed by atoms with Gasteiger partial charge in [0, 0.05) is 63.8 Å². The highest BCUT2D eigenvalue weighted by Gasteiger charge is 2.20. The highest BCUT2D eigenvalue weighted by atomic mass is 32.1. The summed E-state index contributed by atoms with van der Waals surface area (Å²) in [4.78, 5) is 10.4. The minimum Gasteiger partial charge on any atom is -0.455 e. The summed E-state index contributed by atoms with van der Waals surface area (Å²) < 4.78 is 9.39. The Hall–Kier alpha value is -7.14. The van der Waals surface area contributed by atoms with Crippen molar-refractivity contribution >= 4 is 86.0 Å². The van der Waals surface area contributed by atoms with Crippen molar-refractivity contribution in [3.8, 4) is 44.8 Å². The van der Waals surface area contributed by atoms with Gasteiger partial charge in [0.05, 0.1) is 22.4 Å². The Labute approximate surface area is 325 Å². The molecule has 0 unspecified atom stereocenters. The number of aromatic nitrogens is 2. The Morgan fingerprint density at radius 2 is 1.00 bits per heavy atom. The second-order valence-electron chi connectivity index (χ2n) is 14.5. The van der Waals surface area contributed by atoms with Crippen LogP contribution in [0.2, 0.25) is 0 Å². The first-order valence-corrected chi connectivity index (χ1v) is 19.7. The molecule has 12 rings (SSSR count). The number of benzene rings is 8. The average Bonchev–Trinajstić information content (AvgIpc) is 3.85. The van der Waals surface area contributed by atoms with E-state index in [0.717, 1.165) is 82.8 Å². The molecule has 0 saturated carbocycles. The summed E-state index contributed by atoms with van der Waals surface area (Å²) in [6.45, 7) is 0. The maximum atomic E-state index is 6.78. The van der Waals surface area contributed by atoms with Crippen molar-refractivity contribution in [2.24, 2.45) is 0 Å². The number of nitrogens with zero attached hydrogens (tertiary/aromatic N) is 2. The topological polar surface area (TPSA) is 38.9 Å². The lowest BCUT2D eigenvalue weighted by Crippen LogP contribution is -1.91. The van der Waals surface area contributed by atoms with Gasteiger partial charge in [-0.2, -0.15) is 0 Å². The molecule has 4 heterocycles. The molecule has 0 saturated heterocycles. The van der Waals surface area contributed by atoms with Crippen LogP contribution in [-0.2, 0) is 0 Å². The minimum absolute atomic E-state index is 0.876. The molecule has 12 aromatic rings. The van der Waals surface area contributed by atoms with Crippen molar-refractivity contribution in [1.82, 2.24) is 9.97 Å². The molecule has 0 aliphatic carbocycles. The maximum absolute atomic E-state index is 6.78. The van der Waals surface area contributed by atoms with Crippen LogP contribution in [0.15, 0.2) is 186 Å².